The molecule has 0 spiro atoms. The molecule has 11 nitrogen and oxygen atoms in total. The van der Waals surface area contributed by atoms with Crippen LogP contribution in [-0.2, 0) is 11.3 Å². The van der Waals surface area contributed by atoms with Gasteiger partial charge in [0.2, 0.25) is 18.2 Å². The second-order valence-electron chi connectivity index (χ2n) is 3.70. The number of aromatic amines is 1. The molecule has 0 saturated carbocycles. The topological polar surface area (TPSA) is 141 Å². The van der Waals surface area contributed by atoms with E-state index in [0.717, 1.165) is 0 Å². The summed E-state index contributed by atoms with van der Waals surface area (Å²) in [5.74, 6) is -0.408. The molecular formula is C9H11N7O4. The highest BCUT2D eigenvalue weighted by molar-refractivity contribution is 5.88. The van der Waals surface area contributed by atoms with E-state index >= 15 is 0 Å². The Labute approximate surface area is 112 Å². The van der Waals surface area contributed by atoms with Gasteiger partial charge in [-0.3, -0.25) is 10.1 Å². The fraction of sp³-hybridized carbons (Fsp3) is 0.333. The minimum atomic E-state index is -0.600. The lowest BCUT2D eigenvalue weighted by atomic mass is 10.4. The van der Waals surface area contributed by atoms with E-state index in [9.17, 15) is 14.9 Å². The first kappa shape index (κ1) is 13.5. The van der Waals surface area contributed by atoms with Gasteiger partial charge in [0.1, 0.15) is 6.20 Å². The molecule has 0 atom stereocenters. The van der Waals surface area contributed by atoms with Crippen LogP contribution in [0, 0.1) is 10.1 Å². The highest BCUT2D eigenvalue weighted by Gasteiger charge is 2.11. The Bertz CT molecular complexity index is 619. The first-order valence-corrected chi connectivity index (χ1v) is 5.51. The standard InChI is InChI=1S/C9H11N7O4/c1-20-9-12-8(13-14-9)11-7(17)2-3-15-4-6(10-5-15)16(18)19/h4-5H,2-3H2,1H3,(H2,11,12,13,14,17). The third-order valence-electron chi connectivity index (χ3n) is 2.31. The Morgan fingerprint density at radius 1 is 1.65 bits per heavy atom. The Hall–Kier alpha value is -2.98. The number of methoxy groups -OCH3 is 1. The van der Waals surface area contributed by atoms with E-state index in [2.05, 4.69) is 25.5 Å². The predicted molar refractivity (Wildman–Crippen MR) is 65.1 cm³/mol. The number of nitrogens with one attached hydrogen (secondary N) is 2. The van der Waals surface area contributed by atoms with Crippen molar-refractivity contribution in [1.29, 1.82) is 0 Å². The summed E-state index contributed by atoms with van der Waals surface area (Å²) in [6.07, 6.45) is 2.66. The summed E-state index contributed by atoms with van der Waals surface area (Å²) >= 11 is 0. The molecule has 0 aromatic carbocycles. The molecule has 1 amide bonds. The van der Waals surface area contributed by atoms with Gasteiger partial charge in [-0.15, -0.1) is 5.10 Å². The molecule has 2 rings (SSSR count). The molecule has 0 aliphatic heterocycles. The van der Waals surface area contributed by atoms with E-state index in [1.54, 1.807) is 0 Å². The number of rotatable bonds is 6. The smallest absolute Gasteiger partial charge is 0.381 e. The summed E-state index contributed by atoms with van der Waals surface area (Å²) in [6.45, 7) is 0.262. The van der Waals surface area contributed by atoms with Crippen LogP contribution in [0.3, 0.4) is 0 Å². The molecule has 0 unspecified atom stereocenters. The van der Waals surface area contributed by atoms with Gasteiger partial charge in [-0.1, -0.05) is 0 Å². The Morgan fingerprint density at radius 2 is 2.45 bits per heavy atom. The molecule has 2 heterocycles. The van der Waals surface area contributed by atoms with Gasteiger partial charge in [-0.2, -0.15) is 4.98 Å². The minimum absolute atomic E-state index is 0.108. The van der Waals surface area contributed by atoms with Crippen molar-refractivity contribution in [2.75, 3.05) is 12.4 Å². The number of nitro groups is 1. The minimum Gasteiger partial charge on any atom is -0.466 e. The number of anilines is 1. The number of nitrogens with zero attached hydrogens (tertiary/aromatic N) is 5. The van der Waals surface area contributed by atoms with Crippen molar-refractivity contribution in [3.8, 4) is 6.01 Å². The molecule has 0 bridgehead atoms. The number of H-pyrrole nitrogens is 1. The van der Waals surface area contributed by atoms with E-state index in [1.807, 2.05) is 0 Å². The third kappa shape index (κ3) is 3.28. The lowest BCUT2D eigenvalue weighted by molar-refractivity contribution is -0.389. The van der Waals surface area contributed by atoms with Crippen LogP contribution in [0.2, 0.25) is 0 Å². The van der Waals surface area contributed by atoms with Crippen molar-refractivity contribution in [3.05, 3.63) is 22.6 Å². The summed E-state index contributed by atoms with van der Waals surface area (Å²) in [7, 11) is 1.40. The lowest BCUT2D eigenvalue weighted by Gasteiger charge is -2.01. The predicted octanol–water partition coefficient (Wildman–Crippen LogP) is -0.0532. The lowest BCUT2D eigenvalue weighted by Crippen LogP contribution is -2.15. The third-order valence-corrected chi connectivity index (χ3v) is 2.31. The van der Waals surface area contributed by atoms with Gasteiger partial charge in [0.25, 0.3) is 0 Å². The number of imidazole rings is 1. The van der Waals surface area contributed by atoms with Crippen LogP contribution in [0.4, 0.5) is 11.8 Å². The maximum Gasteiger partial charge on any atom is 0.381 e. The van der Waals surface area contributed by atoms with Gasteiger partial charge in [0, 0.05) is 13.0 Å². The fourth-order valence-corrected chi connectivity index (χ4v) is 1.38. The summed E-state index contributed by atoms with van der Waals surface area (Å²) in [4.78, 5) is 28.9. The Kier molecular flexibility index (Phi) is 3.88. The molecule has 2 N–H and O–H groups in total. The maximum absolute atomic E-state index is 11.6. The zero-order valence-electron chi connectivity index (χ0n) is 10.4. The zero-order chi connectivity index (χ0) is 14.5. The molecule has 11 heteroatoms. The molecule has 0 fully saturated rings. The molecule has 0 radical (unpaired) electrons. The average molecular weight is 281 g/mol. The highest BCUT2D eigenvalue weighted by Crippen LogP contribution is 2.07. The number of aromatic nitrogens is 5. The van der Waals surface area contributed by atoms with Crippen LogP contribution < -0.4 is 10.1 Å². The number of hydrogen-bond acceptors (Lipinski definition) is 7. The van der Waals surface area contributed by atoms with E-state index < -0.39 is 4.92 Å². The monoisotopic (exact) mass is 281 g/mol. The number of aryl methyl sites for hydroxylation is 1. The van der Waals surface area contributed by atoms with Crippen LogP contribution in [0.15, 0.2) is 12.5 Å². The normalized spacial score (nSPS) is 10.2. The van der Waals surface area contributed by atoms with Crippen molar-refractivity contribution in [2.45, 2.75) is 13.0 Å². The Morgan fingerprint density at radius 3 is 3.05 bits per heavy atom. The van der Waals surface area contributed by atoms with Gasteiger partial charge >= 0.3 is 11.8 Å². The molecule has 0 aliphatic carbocycles. The fourth-order valence-electron chi connectivity index (χ4n) is 1.38. The number of hydrogen-bond donors (Lipinski definition) is 2. The first-order valence-electron chi connectivity index (χ1n) is 5.51. The second-order valence-corrected chi connectivity index (χ2v) is 3.70. The molecular weight excluding hydrogens is 270 g/mol. The molecule has 2 aromatic rings. The van der Waals surface area contributed by atoms with Crippen molar-refractivity contribution < 1.29 is 14.5 Å². The van der Waals surface area contributed by atoms with Crippen molar-refractivity contribution in [1.82, 2.24) is 24.7 Å². The summed E-state index contributed by atoms with van der Waals surface area (Å²) in [5, 5.41) is 19.1. The molecule has 2 aromatic heterocycles. The van der Waals surface area contributed by atoms with E-state index in [0.29, 0.717) is 0 Å². The van der Waals surface area contributed by atoms with Crippen LogP contribution in [0.5, 0.6) is 6.01 Å². The quantitative estimate of drug-likeness (QED) is 0.558. The van der Waals surface area contributed by atoms with Crippen molar-refractivity contribution in [2.24, 2.45) is 0 Å². The van der Waals surface area contributed by atoms with Crippen LogP contribution in [0.1, 0.15) is 6.42 Å². The van der Waals surface area contributed by atoms with Crippen molar-refractivity contribution in [3.63, 3.8) is 0 Å². The van der Waals surface area contributed by atoms with Crippen molar-refractivity contribution >= 4 is 17.7 Å². The van der Waals surface area contributed by atoms with Gasteiger partial charge < -0.3 is 19.4 Å². The Balaban J connectivity index is 1.83. The number of ether oxygens (including phenoxy) is 1. The molecule has 106 valence electrons. The number of carbonyl (C=O) groups is 1. The first-order chi connectivity index (χ1) is 9.58. The molecule has 0 saturated heterocycles. The largest absolute Gasteiger partial charge is 0.466 e. The number of amides is 1. The summed E-state index contributed by atoms with van der Waals surface area (Å²) < 4.78 is 6.21. The van der Waals surface area contributed by atoms with Gasteiger partial charge in [-0.05, 0) is 9.91 Å². The van der Waals surface area contributed by atoms with E-state index in [4.69, 9.17) is 4.74 Å². The summed E-state index contributed by atoms with van der Waals surface area (Å²) in [5.41, 5.74) is 0. The van der Waals surface area contributed by atoms with E-state index in [1.165, 1.54) is 24.2 Å². The van der Waals surface area contributed by atoms with Gasteiger partial charge in [0.15, 0.2) is 0 Å². The highest BCUT2D eigenvalue weighted by atomic mass is 16.6. The number of carbonyl (C=O) groups excluding carboxylic acids is 1. The maximum atomic E-state index is 11.6. The SMILES string of the molecule is COc1n[nH]c(NC(=O)CCn2cnc([N+](=O)[O-])c2)n1. The summed E-state index contributed by atoms with van der Waals surface area (Å²) in [6, 6.07) is 0.116. The second kappa shape index (κ2) is 5.77. The van der Waals surface area contributed by atoms with E-state index in [-0.39, 0.29) is 36.6 Å². The zero-order valence-corrected chi connectivity index (χ0v) is 10.4. The van der Waals surface area contributed by atoms with Crippen LogP contribution >= 0.6 is 0 Å². The van der Waals surface area contributed by atoms with Crippen LogP contribution in [-0.4, -0.2) is 42.7 Å². The van der Waals surface area contributed by atoms with Crippen LogP contribution in [0.25, 0.3) is 0 Å². The van der Waals surface area contributed by atoms with Gasteiger partial charge in [0.05, 0.1) is 7.11 Å². The molecule has 0 aliphatic rings. The molecule has 20 heavy (non-hydrogen) atoms. The average Bonchev–Trinajstić information content (AvgIpc) is 3.05. The van der Waals surface area contributed by atoms with Gasteiger partial charge in [-0.25, -0.2) is 5.10 Å².